The zero-order valence-corrected chi connectivity index (χ0v) is 5.13. The molecule has 0 aliphatic rings. The van der Waals surface area contributed by atoms with Crippen LogP contribution in [0.2, 0.25) is 0 Å². The molecule has 3 heteroatoms. The Labute approximate surface area is 52.4 Å². The van der Waals surface area contributed by atoms with Crippen molar-refractivity contribution in [3.8, 4) is 0 Å². The van der Waals surface area contributed by atoms with E-state index < -0.39 is 12.6 Å². The van der Waals surface area contributed by atoms with E-state index in [4.69, 9.17) is 6.58 Å². The highest BCUT2D eigenvalue weighted by molar-refractivity contribution is 4.84. The Hall–Kier alpha value is -0.470. The van der Waals surface area contributed by atoms with Gasteiger partial charge in [-0.2, -0.15) is 13.2 Å². The Morgan fingerprint density at radius 2 is 1.89 bits per heavy atom. The average Bonchev–Trinajstić information content (AvgIpc) is 1.59. The Bertz CT molecular complexity index is 101. The van der Waals surface area contributed by atoms with Gasteiger partial charge in [0.2, 0.25) is 0 Å². The third-order valence-corrected chi connectivity index (χ3v) is 0.803. The molecule has 0 nitrogen and oxygen atoms in total. The van der Waals surface area contributed by atoms with Crippen molar-refractivity contribution in [2.75, 3.05) is 0 Å². The molecular weight excluding hydrogens is 129 g/mol. The fraction of sp³-hybridized carbons (Fsp3) is 0.667. The Kier molecular flexibility index (Phi) is 2.74. The van der Waals surface area contributed by atoms with Crippen molar-refractivity contribution >= 4 is 0 Å². The Morgan fingerprint density at radius 1 is 1.44 bits per heavy atom. The van der Waals surface area contributed by atoms with Gasteiger partial charge in [-0.3, -0.25) is 0 Å². The van der Waals surface area contributed by atoms with E-state index in [0.29, 0.717) is 5.57 Å². The van der Waals surface area contributed by atoms with Crippen LogP contribution in [-0.4, -0.2) is 6.18 Å². The van der Waals surface area contributed by atoms with Crippen LogP contribution in [0.15, 0.2) is 5.57 Å². The van der Waals surface area contributed by atoms with Crippen molar-refractivity contribution < 1.29 is 13.2 Å². The second kappa shape index (κ2) is 2.90. The maximum atomic E-state index is 11.3. The molecule has 0 aromatic rings. The van der Waals surface area contributed by atoms with Crippen molar-refractivity contribution in [3.05, 3.63) is 12.2 Å². The van der Waals surface area contributed by atoms with Crippen LogP contribution in [-0.2, 0) is 0 Å². The number of rotatable bonds is 2. The van der Waals surface area contributed by atoms with E-state index in [2.05, 4.69) is 0 Å². The van der Waals surface area contributed by atoms with Crippen molar-refractivity contribution in [1.29, 1.82) is 0 Å². The summed E-state index contributed by atoms with van der Waals surface area (Å²) in [5, 5.41) is 0. The summed E-state index contributed by atoms with van der Waals surface area (Å²) >= 11 is 0. The zero-order valence-electron chi connectivity index (χ0n) is 5.13. The second-order valence-electron chi connectivity index (χ2n) is 1.96. The highest BCUT2D eigenvalue weighted by Crippen LogP contribution is 2.22. The van der Waals surface area contributed by atoms with Crippen molar-refractivity contribution in [2.24, 2.45) is 0 Å². The van der Waals surface area contributed by atoms with Gasteiger partial charge in [0.15, 0.2) is 0 Å². The first kappa shape index (κ1) is 8.53. The van der Waals surface area contributed by atoms with Crippen LogP contribution in [0.5, 0.6) is 0 Å². The smallest absolute Gasteiger partial charge is 0.171 e. The number of hydrogen-bond acceptors (Lipinski definition) is 0. The van der Waals surface area contributed by atoms with E-state index in [1.165, 1.54) is 6.92 Å². The summed E-state index contributed by atoms with van der Waals surface area (Å²) in [4.78, 5) is 0. The predicted octanol–water partition coefficient (Wildman–Crippen LogP) is 2.71. The topological polar surface area (TPSA) is 0 Å². The van der Waals surface area contributed by atoms with Gasteiger partial charge >= 0.3 is 6.18 Å². The van der Waals surface area contributed by atoms with E-state index in [9.17, 15) is 13.2 Å². The standard InChI is InChI=1S/C6H8F3/c1-5(2)3-4-6(7,8)9/h1H,3-4H2,2H3. The molecule has 0 rings (SSSR count). The highest BCUT2D eigenvalue weighted by atomic mass is 19.4. The van der Waals surface area contributed by atoms with Gasteiger partial charge in [-0.05, 0) is 13.3 Å². The lowest BCUT2D eigenvalue weighted by Crippen LogP contribution is -2.06. The molecule has 0 unspecified atom stereocenters. The van der Waals surface area contributed by atoms with Gasteiger partial charge in [0.25, 0.3) is 0 Å². The minimum Gasteiger partial charge on any atom is -0.171 e. The lowest BCUT2D eigenvalue weighted by atomic mass is 10.2. The molecule has 0 aliphatic heterocycles. The molecule has 0 aromatic carbocycles. The largest absolute Gasteiger partial charge is 0.389 e. The molecule has 0 spiro atoms. The summed E-state index contributed by atoms with van der Waals surface area (Å²) in [6, 6.07) is 0. The number of halogens is 3. The highest BCUT2D eigenvalue weighted by Gasteiger charge is 2.25. The normalized spacial score (nSPS) is 11.6. The van der Waals surface area contributed by atoms with Gasteiger partial charge in [0.05, 0.1) is 0 Å². The zero-order chi connectivity index (χ0) is 7.49. The van der Waals surface area contributed by atoms with Gasteiger partial charge in [0.1, 0.15) is 0 Å². The van der Waals surface area contributed by atoms with Gasteiger partial charge in [0, 0.05) is 6.42 Å². The van der Waals surface area contributed by atoms with Crippen molar-refractivity contribution in [2.45, 2.75) is 25.9 Å². The molecule has 53 valence electrons. The van der Waals surface area contributed by atoms with E-state index in [1.54, 1.807) is 0 Å². The molecule has 0 saturated carbocycles. The molecule has 1 radical (unpaired) electrons. The van der Waals surface area contributed by atoms with Gasteiger partial charge in [-0.1, -0.05) is 12.2 Å². The summed E-state index contributed by atoms with van der Waals surface area (Å²) < 4.78 is 34.0. The quantitative estimate of drug-likeness (QED) is 0.548. The van der Waals surface area contributed by atoms with Crippen LogP contribution in [0.1, 0.15) is 19.8 Å². The molecule has 9 heavy (non-hydrogen) atoms. The molecule has 0 aromatic heterocycles. The van der Waals surface area contributed by atoms with E-state index in [-0.39, 0.29) is 6.42 Å². The third kappa shape index (κ3) is 7.53. The van der Waals surface area contributed by atoms with E-state index >= 15 is 0 Å². The fourth-order valence-electron chi connectivity index (χ4n) is 0.339. The summed E-state index contributed by atoms with van der Waals surface area (Å²) in [6.45, 7) is 6.49. The monoisotopic (exact) mass is 137 g/mol. The average molecular weight is 137 g/mol. The third-order valence-electron chi connectivity index (χ3n) is 0.803. The molecule has 0 heterocycles. The van der Waals surface area contributed by atoms with Crippen LogP contribution >= 0.6 is 0 Å². The molecule has 0 aliphatic carbocycles. The first-order valence-electron chi connectivity index (χ1n) is 2.56. The molecule has 0 amide bonds. The molecule has 0 N–H and O–H groups in total. The summed E-state index contributed by atoms with van der Waals surface area (Å²) in [6.07, 6.45) is -4.94. The van der Waals surface area contributed by atoms with Crippen LogP contribution in [0.4, 0.5) is 13.2 Å². The molecule has 0 fully saturated rings. The molecule has 0 saturated heterocycles. The summed E-state index contributed by atoms with van der Waals surface area (Å²) in [5.74, 6) is 0. The predicted molar refractivity (Wildman–Crippen MR) is 28.8 cm³/mol. The lowest BCUT2D eigenvalue weighted by molar-refractivity contribution is -0.133. The molecule has 0 bridgehead atoms. The minimum absolute atomic E-state index is 0.0660. The minimum atomic E-state index is -4.07. The first-order valence-corrected chi connectivity index (χ1v) is 2.56. The molecular formula is C6H8F3. The van der Waals surface area contributed by atoms with Gasteiger partial charge in [-0.15, -0.1) is 0 Å². The Morgan fingerprint density at radius 3 is 2.00 bits per heavy atom. The van der Waals surface area contributed by atoms with E-state index in [1.807, 2.05) is 0 Å². The van der Waals surface area contributed by atoms with Crippen LogP contribution in [0, 0.1) is 6.58 Å². The van der Waals surface area contributed by atoms with Crippen LogP contribution < -0.4 is 0 Å². The fourth-order valence-corrected chi connectivity index (χ4v) is 0.339. The maximum Gasteiger partial charge on any atom is 0.389 e. The summed E-state index contributed by atoms with van der Waals surface area (Å²) in [7, 11) is 0. The number of hydrogen-bond donors (Lipinski definition) is 0. The van der Waals surface area contributed by atoms with E-state index in [0.717, 1.165) is 0 Å². The van der Waals surface area contributed by atoms with Crippen LogP contribution in [0.3, 0.4) is 0 Å². The molecule has 0 atom stereocenters. The number of allylic oxidation sites excluding steroid dienone is 1. The van der Waals surface area contributed by atoms with Gasteiger partial charge < -0.3 is 0 Å². The Balaban J connectivity index is 3.39. The number of alkyl halides is 3. The maximum absolute atomic E-state index is 11.3. The van der Waals surface area contributed by atoms with Crippen LogP contribution in [0.25, 0.3) is 0 Å². The summed E-state index contributed by atoms with van der Waals surface area (Å²) in [5.41, 5.74) is 0.326. The van der Waals surface area contributed by atoms with Crippen molar-refractivity contribution in [1.82, 2.24) is 0 Å². The van der Waals surface area contributed by atoms with Crippen molar-refractivity contribution in [3.63, 3.8) is 0 Å². The first-order chi connectivity index (χ1) is 3.92. The van der Waals surface area contributed by atoms with Gasteiger partial charge in [-0.25, -0.2) is 0 Å². The second-order valence-corrected chi connectivity index (χ2v) is 1.96. The lowest BCUT2D eigenvalue weighted by Gasteiger charge is -2.03. The SMILES string of the molecule is [CH]=C(C)CCC(F)(F)F.